The number of pyridine rings is 1. The zero-order valence-electron chi connectivity index (χ0n) is 12.0. The van der Waals surface area contributed by atoms with Crippen molar-refractivity contribution in [1.82, 2.24) is 14.9 Å². The maximum absolute atomic E-state index is 5.93. The fourth-order valence-corrected chi connectivity index (χ4v) is 3.16. The molecule has 0 N–H and O–H groups in total. The summed E-state index contributed by atoms with van der Waals surface area (Å²) in [6.07, 6.45) is 6.15. The third kappa shape index (κ3) is 2.12. The molecule has 0 amide bonds. The lowest BCUT2D eigenvalue weighted by molar-refractivity contribution is 0.317. The van der Waals surface area contributed by atoms with Gasteiger partial charge in [0.1, 0.15) is 5.52 Å². The largest absolute Gasteiger partial charge is 0.436 e. The van der Waals surface area contributed by atoms with Crippen molar-refractivity contribution in [3.63, 3.8) is 0 Å². The summed E-state index contributed by atoms with van der Waals surface area (Å²) in [6.45, 7) is 1.13. The number of benzene rings is 1. The minimum absolute atomic E-state index is 0.406. The van der Waals surface area contributed by atoms with Gasteiger partial charge in [0, 0.05) is 29.6 Å². The van der Waals surface area contributed by atoms with Crippen LogP contribution in [0.4, 0.5) is 0 Å². The molecule has 1 aromatic carbocycles. The fourth-order valence-electron chi connectivity index (χ4n) is 3.16. The number of likely N-dealkylation sites (tertiary alicyclic amines) is 1. The zero-order valence-corrected chi connectivity index (χ0v) is 12.0. The summed E-state index contributed by atoms with van der Waals surface area (Å²) in [4.78, 5) is 11.3. The number of hydrogen-bond donors (Lipinski definition) is 0. The number of oxazole rings is 1. The molecular formula is C17H17N3O. The number of rotatable bonds is 2. The van der Waals surface area contributed by atoms with Crippen LogP contribution in [0.2, 0.25) is 0 Å². The van der Waals surface area contributed by atoms with Gasteiger partial charge in [-0.1, -0.05) is 12.1 Å². The van der Waals surface area contributed by atoms with E-state index in [1.807, 2.05) is 42.7 Å². The van der Waals surface area contributed by atoms with Gasteiger partial charge in [0.2, 0.25) is 5.89 Å². The van der Waals surface area contributed by atoms with Crippen LogP contribution in [0.15, 0.2) is 47.1 Å². The van der Waals surface area contributed by atoms with Crippen molar-refractivity contribution in [3.05, 3.63) is 48.3 Å². The van der Waals surface area contributed by atoms with Crippen molar-refractivity contribution in [2.45, 2.75) is 18.9 Å². The van der Waals surface area contributed by atoms with Crippen molar-refractivity contribution < 1.29 is 4.42 Å². The van der Waals surface area contributed by atoms with Gasteiger partial charge in [0.15, 0.2) is 5.58 Å². The SMILES string of the molecule is CN1CCC[C@H]1c1cnccc1-c1nc2ccccc2o1. The van der Waals surface area contributed by atoms with Crippen LogP contribution in [0.3, 0.4) is 0 Å². The summed E-state index contributed by atoms with van der Waals surface area (Å²) in [5, 5.41) is 0. The predicted octanol–water partition coefficient (Wildman–Crippen LogP) is 3.66. The molecule has 1 saturated heterocycles. The van der Waals surface area contributed by atoms with Crippen molar-refractivity contribution in [2.24, 2.45) is 0 Å². The molecule has 4 rings (SSSR count). The first kappa shape index (κ1) is 12.5. The third-order valence-electron chi connectivity index (χ3n) is 4.26. The Kier molecular flexibility index (Phi) is 2.97. The average molecular weight is 279 g/mol. The Labute approximate surface area is 123 Å². The van der Waals surface area contributed by atoms with E-state index in [1.165, 1.54) is 12.0 Å². The van der Waals surface area contributed by atoms with Gasteiger partial charge in [0.05, 0.1) is 0 Å². The van der Waals surface area contributed by atoms with E-state index in [9.17, 15) is 0 Å². The topological polar surface area (TPSA) is 42.2 Å². The molecule has 1 aliphatic rings. The molecule has 3 heterocycles. The number of fused-ring (bicyclic) bond motifs is 1. The normalized spacial score (nSPS) is 19.4. The van der Waals surface area contributed by atoms with Gasteiger partial charge in [-0.2, -0.15) is 0 Å². The van der Waals surface area contributed by atoms with Crippen molar-refractivity contribution in [1.29, 1.82) is 0 Å². The molecule has 106 valence electrons. The maximum atomic E-state index is 5.93. The first-order valence-corrected chi connectivity index (χ1v) is 7.33. The van der Waals surface area contributed by atoms with Crippen LogP contribution in [-0.2, 0) is 0 Å². The summed E-state index contributed by atoms with van der Waals surface area (Å²) in [6, 6.07) is 10.3. The Bertz CT molecular complexity index is 747. The Hall–Kier alpha value is -2.20. The van der Waals surface area contributed by atoms with Crippen molar-refractivity contribution in [2.75, 3.05) is 13.6 Å². The summed E-state index contributed by atoms with van der Waals surface area (Å²) < 4.78 is 5.93. The van der Waals surface area contributed by atoms with E-state index in [2.05, 4.69) is 21.9 Å². The number of para-hydroxylation sites is 2. The van der Waals surface area contributed by atoms with Crippen LogP contribution in [-0.4, -0.2) is 28.5 Å². The van der Waals surface area contributed by atoms with E-state index in [0.717, 1.165) is 29.6 Å². The molecule has 21 heavy (non-hydrogen) atoms. The standard InChI is InChI=1S/C17H17N3O/c1-20-10-4-6-15(20)13-11-18-9-8-12(13)17-19-14-5-2-3-7-16(14)21-17/h2-3,5,7-9,11,15H,4,6,10H2,1H3/t15-/m0/s1. The average Bonchev–Trinajstić information content (AvgIpc) is 3.13. The molecule has 1 fully saturated rings. The van der Waals surface area contributed by atoms with Gasteiger partial charge in [-0.3, -0.25) is 9.88 Å². The van der Waals surface area contributed by atoms with Gasteiger partial charge in [-0.05, 0) is 44.6 Å². The summed E-state index contributed by atoms with van der Waals surface area (Å²) in [7, 11) is 2.17. The van der Waals surface area contributed by atoms with Gasteiger partial charge in [-0.25, -0.2) is 4.98 Å². The van der Waals surface area contributed by atoms with E-state index in [0.29, 0.717) is 11.9 Å². The molecular weight excluding hydrogens is 262 g/mol. The van der Waals surface area contributed by atoms with Crippen LogP contribution in [0, 0.1) is 0 Å². The van der Waals surface area contributed by atoms with Gasteiger partial charge in [-0.15, -0.1) is 0 Å². The molecule has 0 radical (unpaired) electrons. The Balaban J connectivity index is 1.84. The van der Waals surface area contributed by atoms with Crippen LogP contribution < -0.4 is 0 Å². The third-order valence-corrected chi connectivity index (χ3v) is 4.26. The zero-order chi connectivity index (χ0) is 14.2. The Morgan fingerprint density at radius 1 is 1.24 bits per heavy atom. The quantitative estimate of drug-likeness (QED) is 0.718. The highest BCUT2D eigenvalue weighted by Gasteiger charge is 2.26. The van der Waals surface area contributed by atoms with E-state index in [1.54, 1.807) is 0 Å². The number of hydrogen-bond acceptors (Lipinski definition) is 4. The second-order valence-corrected chi connectivity index (χ2v) is 5.59. The highest BCUT2D eigenvalue weighted by Crippen LogP contribution is 2.36. The lowest BCUT2D eigenvalue weighted by Crippen LogP contribution is -2.18. The lowest BCUT2D eigenvalue weighted by Gasteiger charge is -2.21. The molecule has 3 aromatic rings. The summed E-state index contributed by atoms with van der Waals surface area (Å²) in [5.74, 6) is 0.689. The number of aromatic nitrogens is 2. The molecule has 2 aromatic heterocycles. The molecule has 0 unspecified atom stereocenters. The highest BCUT2D eigenvalue weighted by atomic mass is 16.3. The van der Waals surface area contributed by atoms with E-state index in [-0.39, 0.29) is 0 Å². The molecule has 0 aliphatic carbocycles. The van der Waals surface area contributed by atoms with E-state index in [4.69, 9.17) is 4.42 Å². The second-order valence-electron chi connectivity index (χ2n) is 5.59. The van der Waals surface area contributed by atoms with Gasteiger partial charge in [0.25, 0.3) is 0 Å². The minimum Gasteiger partial charge on any atom is -0.436 e. The fraction of sp³-hybridized carbons (Fsp3) is 0.294. The monoisotopic (exact) mass is 279 g/mol. The van der Waals surface area contributed by atoms with Crippen LogP contribution in [0.25, 0.3) is 22.6 Å². The molecule has 4 nitrogen and oxygen atoms in total. The second kappa shape index (κ2) is 4.97. The number of nitrogens with zero attached hydrogens (tertiary/aromatic N) is 3. The van der Waals surface area contributed by atoms with Crippen LogP contribution in [0.1, 0.15) is 24.4 Å². The van der Waals surface area contributed by atoms with E-state index < -0.39 is 0 Å². The van der Waals surface area contributed by atoms with Crippen LogP contribution in [0.5, 0.6) is 0 Å². The highest BCUT2D eigenvalue weighted by molar-refractivity contribution is 5.76. The molecule has 1 aliphatic heterocycles. The molecule has 0 bridgehead atoms. The first-order valence-electron chi connectivity index (χ1n) is 7.33. The van der Waals surface area contributed by atoms with Gasteiger partial charge >= 0.3 is 0 Å². The molecule has 4 heteroatoms. The Morgan fingerprint density at radius 3 is 2.95 bits per heavy atom. The lowest BCUT2D eigenvalue weighted by atomic mass is 10.0. The molecule has 0 saturated carbocycles. The Morgan fingerprint density at radius 2 is 2.14 bits per heavy atom. The maximum Gasteiger partial charge on any atom is 0.227 e. The summed E-state index contributed by atoms with van der Waals surface area (Å²) >= 11 is 0. The summed E-state index contributed by atoms with van der Waals surface area (Å²) in [5.41, 5.74) is 3.99. The predicted molar refractivity (Wildman–Crippen MR) is 81.8 cm³/mol. The molecule has 0 spiro atoms. The first-order chi connectivity index (χ1) is 10.3. The smallest absolute Gasteiger partial charge is 0.227 e. The molecule has 1 atom stereocenters. The van der Waals surface area contributed by atoms with Crippen LogP contribution >= 0.6 is 0 Å². The van der Waals surface area contributed by atoms with Crippen molar-refractivity contribution in [3.8, 4) is 11.5 Å². The minimum atomic E-state index is 0.406. The van der Waals surface area contributed by atoms with Crippen molar-refractivity contribution >= 4 is 11.1 Å². The van der Waals surface area contributed by atoms with Gasteiger partial charge < -0.3 is 4.42 Å². The van der Waals surface area contributed by atoms with E-state index >= 15 is 0 Å².